The molecule has 0 saturated heterocycles. The lowest BCUT2D eigenvalue weighted by Crippen LogP contribution is -2.01. The standard InChI is InChI=1S/C9H9F2N3OS.C8H9F2NS.CH4.FH/c1-16(15,14-6-12)5-7-2-3-8(9(10)11)13-4-7;1-12-5-6-2-3-7(8(9)10)11-4-6;;/h2-4,9H,5H2,1H3;2-4,8H,5H2,1H3;1H4;1H. The molecule has 30 heavy (non-hydrogen) atoms. The minimum Gasteiger partial charge on any atom is -0.269 e. The van der Waals surface area contributed by atoms with Crippen LogP contribution in [0, 0.1) is 11.5 Å². The number of rotatable bonds is 6. The monoisotopic (exact) mass is 470 g/mol. The van der Waals surface area contributed by atoms with Crippen molar-refractivity contribution in [1.82, 2.24) is 9.97 Å². The molecule has 0 aliphatic heterocycles. The molecule has 2 aromatic heterocycles. The van der Waals surface area contributed by atoms with Crippen LogP contribution in [-0.2, 0) is 21.2 Å². The second kappa shape index (κ2) is 14.7. The largest absolute Gasteiger partial charge is 0.280 e. The van der Waals surface area contributed by atoms with E-state index >= 15 is 0 Å². The fourth-order valence-corrected chi connectivity index (χ4v) is 3.43. The van der Waals surface area contributed by atoms with Gasteiger partial charge in [0, 0.05) is 24.4 Å². The number of pyridine rings is 2. The lowest BCUT2D eigenvalue weighted by atomic mass is 10.3. The SMILES string of the molecule is C.CS(=O)(Cc1ccc(C(F)F)nc1)=NC#N.CSCc1ccc(C(F)F)nc1.F. The second-order valence-electron chi connectivity index (χ2n) is 5.51. The van der Waals surface area contributed by atoms with Gasteiger partial charge in [0.15, 0.2) is 0 Å². The first-order chi connectivity index (χ1) is 13.2. The third-order valence-electron chi connectivity index (χ3n) is 3.12. The van der Waals surface area contributed by atoms with Crippen LogP contribution in [0.15, 0.2) is 41.0 Å². The molecule has 0 radical (unpaired) electrons. The molecule has 0 aliphatic carbocycles. The summed E-state index contributed by atoms with van der Waals surface area (Å²) >= 11 is 1.64. The highest BCUT2D eigenvalue weighted by Crippen LogP contribution is 2.17. The minimum atomic E-state index is -2.63. The van der Waals surface area contributed by atoms with Gasteiger partial charge in [-0.1, -0.05) is 19.6 Å². The molecule has 0 bridgehead atoms. The van der Waals surface area contributed by atoms with E-state index in [1.807, 2.05) is 6.26 Å². The fraction of sp³-hybridized carbons (Fsp3) is 0.389. The number of nitriles is 1. The molecule has 0 spiro atoms. The Kier molecular flexibility index (Phi) is 14.6. The first kappa shape index (κ1) is 29.9. The van der Waals surface area contributed by atoms with Crippen molar-refractivity contribution in [2.75, 3.05) is 12.5 Å². The van der Waals surface area contributed by atoms with Gasteiger partial charge in [-0.05, 0) is 29.5 Å². The van der Waals surface area contributed by atoms with Crippen LogP contribution in [0.4, 0.5) is 22.3 Å². The summed E-state index contributed by atoms with van der Waals surface area (Å²) in [5, 5.41) is 8.29. The highest BCUT2D eigenvalue weighted by atomic mass is 32.2. The zero-order chi connectivity index (χ0) is 21.2. The fourth-order valence-electron chi connectivity index (χ4n) is 1.90. The highest BCUT2D eigenvalue weighted by molar-refractivity contribution is 7.97. The maximum Gasteiger partial charge on any atom is 0.280 e. The molecular formula is C18H23F5N4OS2. The molecular weight excluding hydrogens is 447 g/mol. The normalized spacial score (nSPS) is 11.8. The topological polar surface area (TPSA) is 79.0 Å². The van der Waals surface area contributed by atoms with Gasteiger partial charge in [0.1, 0.15) is 11.4 Å². The summed E-state index contributed by atoms with van der Waals surface area (Å²) in [6, 6.07) is 5.63. The summed E-state index contributed by atoms with van der Waals surface area (Å²) in [5.74, 6) is 0.841. The Hall–Kier alpha value is -2.26. The van der Waals surface area contributed by atoms with Crippen molar-refractivity contribution in [3.63, 3.8) is 0 Å². The van der Waals surface area contributed by atoms with Crippen molar-refractivity contribution in [2.45, 2.75) is 31.8 Å². The minimum absolute atomic E-state index is 0. The summed E-state index contributed by atoms with van der Waals surface area (Å²) in [6.45, 7) is 0. The van der Waals surface area contributed by atoms with Gasteiger partial charge in [0.25, 0.3) is 12.9 Å². The Bertz CT molecular complexity index is 894. The van der Waals surface area contributed by atoms with Gasteiger partial charge < -0.3 is 0 Å². The van der Waals surface area contributed by atoms with E-state index in [4.69, 9.17) is 5.26 Å². The molecule has 2 heterocycles. The number of thioether (sulfide) groups is 1. The number of hydrogen-bond donors (Lipinski definition) is 0. The molecule has 0 amide bonds. The molecule has 5 nitrogen and oxygen atoms in total. The van der Waals surface area contributed by atoms with Crippen LogP contribution in [0.3, 0.4) is 0 Å². The van der Waals surface area contributed by atoms with Crippen molar-refractivity contribution in [2.24, 2.45) is 4.36 Å². The third kappa shape index (κ3) is 11.1. The lowest BCUT2D eigenvalue weighted by molar-refractivity contribution is 0.145. The van der Waals surface area contributed by atoms with Crippen LogP contribution < -0.4 is 0 Å². The van der Waals surface area contributed by atoms with Gasteiger partial charge in [-0.25, -0.2) is 21.8 Å². The van der Waals surface area contributed by atoms with Crippen LogP contribution in [-0.4, -0.2) is 26.7 Å². The van der Waals surface area contributed by atoms with Crippen molar-refractivity contribution in [3.05, 3.63) is 59.2 Å². The average Bonchev–Trinajstić information content (AvgIpc) is 2.63. The molecule has 168 valence electrons. The molecule has 0 saturated carbocycles. The van der Waals surface area contributed by atoms with E-state index in [0.717, 1.165) is 11.3 Å². The summed E-state index contributed by atoms with van der Waals surface area (Å²) in [4.78, 5) is 7.16. The number of nitrogens with zero attached hydrogens (tertiary/aromatic N) is 4. The molecule has 2 aromatic rings. The smallest absolute Gasteiger partial charge is 0.269 e. The van der Waals surface area contributed by atoms with E-state index in [1.54, 1.807) is 17.8 Å². The molecule has 1 unspecified atom stereocenters. The second-order valence-corrected chi connectivity index (χ2v) is 8.77. The molecule has 2 rings (SSSR count). The molecule has 0 fully saturated rings. The van der Waals surface area contributed by atoms with Crippen LogP contribution in [0.1, 0.15) is 42.8 Å². The van der Waals surface area contributed by atoms with Gasteiger partial charge >= 0.3 is 0 Å². The van der Waals surface area contributed by atoms with Crippen LogP contribution in [0.2, 0.25) is 0 Å². The van der Waals surface area contributed by atoms with Crippen LogP contribution in [0.5, 0.6) is 0 Å². The van der Waals surface area contributed by atoms with Gasteiger partial charge in [-0.15, -0.1) is 4.36 Å². The Morgan fingerprint density at radius 2 is 1.53 bits per heavy atom. The summed E-state index contributed by atoms with van der Waals surface area (Å²) in [6.07, 6.45) is 2.39. The van der Waals surface area contributed by atoms with Crippen LogP contribution >= 0.6 is 11.8 Å². The molecule has 12 heteroatoms. The first-order valence-corrected chi connectivity index (χ1v) is 11.2. The van der Waals surface area contributed by atoms with Gasteiger partial charge in [-0.3, -0.25) is 14.7 Å². The van der Waals surface area contributed by atoms with Crippen LogP contribution in [0.25, 0.3) is 0 Å². The molecule has 1 atom stereocenters. The van der Waals surface area contributed by atoms with Gasteiger partial charge in [0.2, 0.25) is 6.19 Å². The average molecular weight is 471 g/mol. The van der Waals surface area contributed by atoms with Crippen molar-refractivity contribution in [3.8, 4) is 6.19 Å². The predicted octanol–water partition coefficient (Wildman–Crippen LogP) is 5.77. The van der Waals surface area contributed by atoms with E-state index in [1.165, 1.54) is 43.0 Å². The van der Waals surface area contributed by atoms with Crippen molar-refractivity contribution >= 4 is 21.5 Å². The lowest BCUT2D eigenvalue weighted by Gasteiger charge is -2.03. The predicted molar refractivity (Wildman–Crippen MR) is 111 cm³/mol. The van der Waals surface area contributed by atoms with Crippen molar-refractivity contribution in [1.29, 1.82) is 5.26 Å². The van der Waals surface area contributed by atoms with E-state index in [2.05, 4.69) is 14.3 Å². The van der Waals surface area contributed by atoms with E-state index in [0.29, 0.717) is 5.56 Å². The Labute approximate surface area is 177 Å². The summed E-state index contributed by atoms with van der Waals surface area (Å²) in [7, 11) is -2.63. The number of aromatic nitrogens is 2. The van der Waals surface area contributed by atoms with Gasteiger partial charge in [0.05, 0.1) is 15.5 Å². The Morgan fingerprint density at radius 3 is 1.87 bits per heavy atom. The molecule has 0 N–H and O–H groups in total. The number of halogens is 5. The third-order valence-corrected chi connectivity index (χ3v) is 5.08. The maximum atomic E-state index is 12.2. The highest BCUT2D eigenvalue weighted by Gasteiger charge is 2.09. The summed E-state index contributed by atoms with van der Waals surface area (Å²) < 4.78 is 63.3. The van der Waals surface area contributed by atoms with E-state index in [9.17, 15) is 21.8 Å². The number of hydrogen-bond acceptors (Lipinski definition) is 6. The first-order valence-electron chi connectivity index (χ1n) is 7.71. The number of alkyl halides is 4. The molecule has 0 aromatic carbocycles. The zero-order valence-corrected chi connectivity index (χ0v) is 17.1. The van der Waals surface area contributed by atoms with Gasteiger partial charge in [-0.2, -0.15) is 17.0 Å². The van der Waals surface area contributed by atoms with E-state index in [-0.39, 0.29) is 29.3 Å². The maximum absolute atomic E-state index is 12.2. The summed E-state index contributed by atoms with van der Waals surface area (Å²) in [5.41, 5.74) is 1.01. The Morgan fingerprint density at radius 1 is 1.07 bits per heavy atom. The quantitative estimate of drug-likeness (QED) is 0.396. The molecule has 0 aliphatic rings. The Balaban J connectivity index is 0. The van der Waals surface area contributed by atoms with E-state index < -0.39 is 22.6 Å². The zero-order valence-electron chi connectivity index (χ0n) is 15.5. The van der Waals surface area contributed by atoms with Crippen molar-refractivity contribution < 1.29 is 26.5 Å².